The summed E-state index contributed by atoms with van der Waals surface area (Å²) < 4.78 is 4.73. The van der Waals surface area contributed by atoms with Crippen LogP contribution in [0.2, 0.25) is 0 Å². The van der Waals surface area contributed by atoms with E-state index in [1.807, 2.05) is 30.3 Å². The van der Waals surface area contributed by atoms with Gasteiger partial charge in [-0.25, -0.2) is 0 Å². The maximum atomic E-state index is 10.6. The van der Waals surface area contributed by atoms with Crippen LogP contribution in [-0.4, -0.2) is 11.4 Å². The highest BCUT2D eigenvalue weighted by atomic mass is 16.5. The van der Waals surface area contributed by atoms with E-state index in [1.54, 1.807) is 0 Å². The van der Waals surface area contributed by atoms with Gasteiger partial charge in [0.1, 0.15) is 12.0 Å². The molecule has 0 amide bonds. The summed E-state index contributed by atoms with van der Waals surface area (Å²) in [5.41, 5.74) is 2.35. The van der Waals surface area contributed by atoms with Crippen molar-refractivity contribution in [1.82, 2.24) is 5.16 Å². The molecule has 0 fully saturated rings. The Balaban J connectivity index is 2.23. The van der Waals surface area contributed by atoms with E-state index in [2.05, 4.69) is 5.16 Å². The Hall–Kier alpha value is -1.90. The van der Waals surface area contributed by atoms with Crippen molar-refractivity contribution in [3.63, 3.8) is 0 Å². The smallest absolute Gasteiger partial charge is 0.172 e. The Morgan fingerprint density at radius 1 is 1.29 bits per heavy atom. The predicted octanol–water partition coefficient (Wildman–Crippen LogP) is 2.08. The summed E-state index contributed by atoms with van der Waals surface area (Å²) in [4.78, 5) is 10.6. The van der Waals surface area contributed by atoms with Crippen molar-refractivity contribution in [3.8, 4) is 0 Å². The molecule has 0 saturated carbocycles. The van der Waals surface area contributed by atoms with Crippen molar-refractivity contribution in [2.75, 3.05) is 0 Å². The molecule has 1 aromatic carbocycles. The quantitative estimate of drug-likeness (QED) is 0.691. The minimum Gasteiger partial charge on any atom is -0.364 e. The molecule has 1 aromatic heterocycles. The third-order valence-corrected chi connectivity index (χ3v) is 2.02. The summed E-state index contributed by atoms with van der Waals surface area (Å²) in [5.74, 6) is 0. The van der Waals surface area contributed by atoms with Gasteiger partial charge in [0.05, 0.1) is 0 Å². The number of nitrogens with zero attached hydrogens (tertiary/aromatic N) is 1. The summed E-state index contributed by atoms with van der Waals surface area (Å²) in [7, 11) is 0. The highest BCUT2D eigenvalue weighted by Gasteiger charge is 2.06. The first-order chi connectivity index (χ1) is 6.90. The van der Waals surface area contributed by atoms with E-state index in [1.165, 1.54) is 6.26 Å². The van der Waals surface area contributed by atoms with Crippen LogP contribution in [0.15, 0.2) is 41.1 Å². The first-order valence-electron chi connectivity index (χ1n) is 4.32. The largest absolute Gasteiger partial charge is 0.364 e. The van der Waals surface area contributed by atoms with Gasteiger partial charge < -0.3 is 4.52 Å². The topological polar surface area (TPSA) is 43.1 Å². The minimum absolute atomic E-state index is 0.383. The second-order valence-electron chi connectivity index (χ2n) is 3.01. The van der Waals surface area contributed by atoms with Crippen LogP contribution in [-0.2, 0) is 6.42 Å². The van der Waals surface area contributed by atoms with Gasteiger partial charge in [0.25, 0.3) is 0 Å². The Morgan fingerprint density at radius 3 is 2.79 bits per heavy atom. The average Bonchev–Trinajstić information content (AvgIpc) is 2.67. The van der Waals surface area contributed by atoms with E-state index < -0.39 is 0 Å². The summed E-state index contributed by atoms with van der Waals surface area (Å²) in [5, 5.41) is 3.59. The molecule has 0 spiro atoms. The Labute approximate surface area is 81.3 Å². The fourth-order valence-corrected chi connectivity index (χ4v) is 1.31. The van der Waals surface area contributed by atoms with E-state index in [4.69, 9.17) is 4.52 Å². The fourth-order valence-electron chi connectivity index (χ4n) is 1.31. The van der Waals surface area contributed by atoms with E-state index in [-0.39, 0.29) is 0 Å². The van der Waals surface area contributed by atoms with Crippen LogP contribution in [0.3, 0.4) is 0 Å². The van der Waals surface area contributed by atoms with Crippen molar-refractivity contribution in [2.45, 2.75) is 6.42 Å². The van der Waals surface area contributed by atoms with Gasteiger partial charge >= 0.3 is 0 Å². The number of aromatic nitrogens is 1. The number of hydrogen-bond acceptors (Lipinski definition) is 3. The second kappa shape index (κ2) is 3.87. The number of carbonyl (C=O) groups is 1. The highest BCUT2D eigenvalue weighted by Crippen LogP contribution is 2.11. The van der Waals surface area contributed by atoms with E-state index in [9.17, 15) is 4.79 Å². The molecule has 2 aromatic rings. The summed E-state index contributed by atoms with van der Waals surface area (Å²) >= 11 is 0. The zero-order valence-electron chi connectivity index (χ0n) is 7.51. The molecule has 2 rings (SSSR count). The number of rotatable bonds is 3. The molecule has 0 saturated heterocycles. The molecule has 0 atom stereocenters. The van der Waals surface area contributed by atoms with Crippen molar-refractivity contribution >= 4 is 6.29 Å². The van der Waals surface area contributed by atoms with Crippen LogP contribution in [0.5, 0.6) is 0 Å². The fraction of sp³-hybridized carbons (Fsp3) is 0.0909. The van der Waals surface area contributed by atoms with Crippen molar-refractivity contribution in [3.05, 3.63) is 53.4 Å². The molecule has 0 aliphatic rings. The number of hydrogen-bond donors (Lipinski definition) is 0. The summed E-state index contributed by atoms with van der Waals surface area (Å²) in [6.45, 7) is 0. The molecule has 70 valence electrons. The van der Waals surface area contributed by atoms with E-state index in [0.717, 1.165) is 11.1 Å². The maximum Gasteiger partial charge on any atom is 0.172 e. The molecule has 0 N–H and O–H groups in total. The van der Waals surface area contributed by atoms with Crippen LogP contribution in [0, 0.1) is 0 Å². The first-order valence-corrected chi connectivity index (χ1v) is 4.32. The molecule has 14 heavy (non-hydrogen) atoms. The van der Waals surface area contributed by atoms with Crippen LogP contribution in [0.4, 0.5) is 0 Å². The molecular formula is C11H9NO2. The molecule has 0 bridgehead atoms. The summed E-state index contributed by atoms with van der Waals surface area (Å²) in [6.07, 6.45) is 2.90. The van der Waals surface area contributed by atoms with Gasteiger partial charge in [0.15, 0.2) is 6.29 Å². The molecule has 0 unspecified atom stereocenters. The lowest BCUT2D eigenvalue weighted by molar-refractivity contribution is 0.111. The lowest BCUT2D eigenvalue weighted by Crippen LogP contribution is -1.91. The van der Waals surface area contributed by atoms with Crippen LogP contribution < -0.4 is 0 Å². The lowest BCUT2D eigenvalue weighted by Gasteiger charge is -1.96. The van der Waals surface area contributed by atoms with Gasteiger partial charge in [0, 0.05) is 12.0 Å². The lowest BCUT2D eigenvalue weighted by atomic mass is 10.1. The Bertz CT molecular complexity index is 420. The van der Waals surface area contributed by atoms with Gasteiger partial charge in [-0.05, 0) is 5.56 Å². The molecule has 3 heteroatoms. The van der Waals surface area contributed by atoms with Crippen molar-refractivity contribution in [2.24, 2.45) is 0 Å². The van der Waals surface area contributed by atoms with Crippen LogP contribution in [0.25, 0.3) is 0 Å². The van der Waals surface area contributed by atoms with E-state index in [0.29, 0.717) is 18.4 Å². The third kappa shape index (κ3) is 1.71. The standard InChI is InChI=1S/C11H9NO2/c13-7-11-10(8-14-12-11)6-9-4-2-1-3-5-9/h1-5,7-8H,6H2. The van der Waals surface area contributed by atoms with Crippen molar-refractivity contribution < 1.29 is 9.32 Å². The van der Waals surface area contributed by atoms with E-state index >= 15 is 0 Å². The molecular weight excluding hydrogens is 178 g/mol. The Morgan fingerprint density at radius 2 is 2.07 bits per heavy atom. The predicted molar refractivity (Wildman–Crippen MR) is 51.1 cm³/mol. The average molecular weight is 187 g/mol. The number of carbonyl (C=O) groups excluding carboxylic acids is 1. The van der Waals surface area contributed by atoms with Crippen molar-refractivity contribution in [1.29, 1.82) is 0 Å². The molecule has 0 aliphatic carbocycles. The number of benzene rings is 1. The van der Waals surface area contributed by atoms with Gasteiger partial charge in [-0.15, -0.1) is 0 Å². The molecule has 0 radical (unpaired) electrons. The van der Waals surface area contributed by atoms with Gasteiger partial charge in [-0.1, -0.05) is 35.5 Å². The zero-order chi connectivity index (χ0) is 9.80. The zero-order valence-corrected chi connectivity index (χ0v) is 7.51. The SMILES string of the molecule is O=Cc1nocc1Cc1ccccc1. The van der Waals surface area contributed by atoms with Gasteiger partial charge in [0.2, 0.25) is 0 Å². The first kappa shape index (κ1) is 8.69. The molecule has 3 nitrogen and oxygen atoms in total. The monoisotopic (exact) mass is 187 g/mol. The highest BCUT2D eigenvalue weighted by molar-refractivity contribution is 5.73. The Kier molecular flexibility index (Phi) is 2.40. The second-order valence-corrected chi connectivity index (χ2v) is 3.01. The number of aldehydes is 1. The molecule has 0 aliphatic heterocycles. The molecule has 1 heterocycles. The third-order valence-electron chi connectivity index (χ3n) is 2.02. The maximum absolute atomic E-state index is 10.6. The van der Waals surface area contributed by atoms with Gasteiger partial charge in [-0.2, -0.15) is 0 Å². The normalized spacial score (nSPS) is 10.0. The van der Waals surface area contributed by atoms with Crippen LogP contribution >= 0.6 is 0 Å². The van der Waals surface area contributed by atoms with Crippen LogP contribution in [0.1, 0.15) is 21.6 Å². The van der Waals surface area contributed by atoms with Gasteiger partial charge in [-0.3, -0.25) is 4.79 Å². The summed E-state index contributed by atoms with van der Waals surface area (Å²) in [6, 6.07) is 9.88. The minimum atomic E-state index is 0.383.